The van der Waals surface area contributed by atoms with E-state index in [1.165, 1.54) is 0 Å². The first-order valence-corrected chi connectivity index (χ1v) is 8.03. The molecule has 3 heterocycles. The van der Waals surface area contributed by atoms with E-state index in [1.54, 1.807) is 18.6 Å². The van der Waals surface area contributed by atoms with Gasteiger partial charge in [-0.15, -0.1) is 0 Å². The summed E-state index contributed by atoms with van der Waals surface area (Å²) in [6, 6.07) is 0. The van der Waals surface area contributed by atoms with Gasteiger partial charge in [0.2, 0.25) is 5.91 Å². The summed E-state index contributed by atoms with van der Waals surface area (Å²) < 4.78 is 0. The Kier molecular flexibility index (Phi) is 4.15. The van der Waals surface area contributed by atoms with Crippen LogP contribution in [0.2, 0.25) is 0 Å². The second kappa shape index (κ2) is 6.10. The van der Waals surface area contributed by atoms with Gasteiger partial charge in [-0.3, -0.25) is 9.78 Å². The summed E-state index contributed by atoms with van der Waals surface area (Å²) in [5.74, 6) is 1.43. The third-order valence-electron chi connectivity index (χ3n) is 4.16. The van der Waals surface area contributed by atoms with Crippen LogP contribution >= 0.6 is 0 Å². The molecule has 6 heteroatoms. The van der Waals surface area contributed by atoms with Crippen molar-refractivity contribution in [1.82, 2.24) is 24.8 Å². The van der Waals surface area contributed by atoms with Crippen molar-refractivity contribution in [3.05, 3.63) is 30.5 Å². The molecule has 1 aliphatic heterocycles. The lowest BCUT2D eigenvalue weighted by Gasteiger charge is -2.25. The highest BCUT2D eigenvalue weighted by Gasteiger charge is 2.32. The Hall–Kier alpha value is -2.24. The summed E-state index contributed by atoms with van der Waals surface area (Å²) in [6.07, 6.45) is 8.92. The third kappa shape index (κ3) is 3.57. The van der Waals surface area contributed by atoms with Gasteiger partial charge in [0.05, 0.1) is 11.9 Å². The van der Waals surface area contributed by atoms with Gasteiger partial charge in [-0.1, -0.05) is 20.8 Å². The van der Waals surface area contributed by atoms with Crippen molar-refractivity contribution in [3.63, 3.8) is 0 Å². The zero-order valence-corrected chi connectivity index (χ0v) is 13.9. The molecule has 122 valence electrons. The van der Waals surface area contributed by atoms with E-state index in [2.05, 4.69) is 19.9 Å². The number of aromatic nitrogens is 4. The van der Waals surface area contributed by atoms with E-state index in [9.17, 15) is 4.79 Å². The van der Waals surface area contributed by atoms with Crippen LogP contribution in [-0.2, 0) is 11.2 Å². The maximum atomic E-state index is 12.3. The van der Waals surface area contributed by atoms with Crippen LogP contribution in [0.5, 0.6) is 0 Å². The average molecular weight is 313 g/mol. The Bertz CT molecular complexity index is 657. The predicted octanol–water partition coefficient (Wildman–Crippen LogP) is 2.30. The van der Waals surface area contributed by atoms with Gasteiger partial charge in [0.15, 0.2) is 5.82 Å². The molecule has 1 N–H and O–H groups in total. The fourth-order valence-corrected chi connectivity index (χ4v) is 2.94. The van der Waals surface area contributed by atoms with Crippen LogP contribution in [0, 0.1) is 11.3 Å². The summed E-state index contributed by atoms with van der Waals surface area (Å²) >= 11 is 0. The Morgan fingerprint density at radius 1 is 1.30 bits per heavy atom. The molecule has 3 rings (SSSR count). The minimum absolute atomic E-state index is 0.235. The second-order valence-electron chi connectivity index (χ2n) is 7.19. The Morgan fingerprint density at radius 3 is 2.74 bits per heavy atom. The molecule has 1 aliphatic rings. The quantitative estimate of drug-likeness (QED) is 0.943. The molecule has 0 aromatic carbocycles. The van der Waals surface area contributed by atoms with E-state index in [1.807, 2.05) is 31.9 Å². The van der Waals surface area contributed by atoms with Crippen LogP contribution in [-0.4, -0.2) is 43.8 Å². The van der Waals surface area contributed by atoms with Gasteiger partial charge in [-0.2, -0.15) is 0 Å². The zero-order chi connectivity index (χ0) is 16.4. The Morgan fingerprint density at radius 2 is 2.13 bits per heavy atom. The molecule has 2 aromatic rings. The number of H-pyrrole nitrogens is 1. The number of nitrogens with zero attached hydrogens (tertiary/aromatic N) is 4. The number of nitrogens with one attached hydrogen (secondary N) is 1. The van der Waals surface area contributed by atoms with Crippen molar-refractivity contribution in [3.8, 4) is 11.5 Å². The normalized spacial score (nSPS) is 18.4. The van der Waals surface area contributed by atoms with Crippen LogP contribution in [0.25, 0.3) is 11.5 Å². The topological polar surface area (TPSA) is 74.8 Å². The fraction of sp³-hybridized carbons (Fsp3) is 0.529. The highest BCUT2D eigenvalue weighted by atomic mass is 16.2. The minimum atomic E-state index is -0.306. The zero-order valence-electron chi connectivity index (χ0n) is 13.9. The number of hydrogen-bond donors (Lipinski definition) is 1. The lowest BCUT2D eigenvalue weighted by molar-refractivity contribution is -0.138. The highest BCUT2D eigenvalue weighted by Crippen LogP contribution is 2.25. The fourth-order valence-electron chi connectivity index (χ4n) is 2.94. The summed E-state index contributed by atoms with van der Waals surface area (Å²) in [7, 11) is 0. The number of imidazole rings is 1. The van der Waals surface area contributed by atoms with Gasteiger partial charge in [-0.25, -0.2) is 9.97 Å². The van der Waals surface area contributed by atoms with E-state index in [-0.39, 0.29) is 11.3 Å². The Balaban J connectivity index is 1.59. The molecule has 23 heavy (non-hydrogen) atoms. The number of hydrogen-bond acceptors (Lipinski definition) is 4. The number of amides is 1. The molecule has 1 fully saturated rings. The third-order valence-corrected chi connectivity index (χ3v) is 4.16. The number of aromatic amines is 1. The van der Waals surface area contributed by atoms with Gasteiger partial charge in [0.25, 0.3) is 0 Å². The van der Waals surface area contributed by atoms with Crippen LogP contribution in [0.15, 0.2) is 24.8 Å². The summed E-state index contributed by atoms with van der Waals surface area (Å²) in [5, 5.41) is 0. The van der Waals surface area contributed by atoms with Gasteiger partial charge in [0, 0.05) is 37.1 Å². The largest absolute Gasteiger partial charge is 0.343 e. The first-order chi connectivity index (χ1) is 10.9. The van der Waals surface area contributed by atoms with E-state index in [0.29, 0.717) is 5.92 Å². The van der Waals surface area contributed by atoms with Crippen molar-refractivity contribution in [2.24, 2.45) is 11.3 Å². The van der Waals surface area contributed by atoms with Crippen molar-refractivity contribution in [2.45, 2.75) is 33.6 Å². The van der Waals surface area contributed by atoms with Crippen LogP contribution in [0.3, 0.4) is 0 Å². The SMILES string of the molecule is CC(C)(C)C(=O)N1CC[C@H](Cc2cnc(-c3ncc[nH]3)cn2)C1. The van der Waals surface area contributed by atoms with Crippen molar-refractivity contribution in [2.75, 3.05) is 13.1 Å². The molecule has 6 nitrogen and oxygen atoms in total. The number of carbonyl (C=O) groups excluding carboxylic acids is 1. The second-order valence-corrected chi connectivity index (χ2v) is 7.19. The van der Waals surface area contributed by atoms with Gasteiger partial charge in [-0.05, 0) is 18.8 Å². The van der Waals surface area contributed by atoms with Gasteiger partial charge < -0.3 is 9.88 Å². The predicted molar refractivity (Wildman–Crippen MR) is 87.5 cm³/mol. The van der Waals surface area contributed by atoms with Crippen LogP contribution in [0.1, 0.15) is 32.9 Å². The molecular formula is C17H23N5O. The lowest BCUT2D eigenvalue weighted by Crippen LogP contribution is -2.38. The number of likely N-dealkylation sites (tertiary alicyclic amines) is 1. The van der Waals surface area contributed by atoms with Crippen molar-refractivity contribution >= 4 is 5.91 Å². The van der Waals surface area contributed by atoms with E-state index in [0.717, 1.165) is 43.1 Å². The monoisotopic (exact) mass is 313 g/mol. The molecule has 1 saturated heterocycles. The highest BCUT2D eigenvalue weighted by molar-refractivity contribution is 5.81. The molecule has 1 amide bonds. The Labute approximate surface area is 136 Å². The van der Waals surface area contributed by atoms with Crippen molar-refractivity contribution < 1.29 is 4.79 Å². The lowest BCUT2D eigenvalue weighted by atomic mass is 9.95. The van der Waals surface area contributed by atoms with Gasteiger partial charge in [0.1, 0.15) is 5.69 Å². The van der Waals surface area contributed by atoms with Crippen molar-refractivity contribution in [1.29, 1.82) is 0 Å². The molecule has 0 aliphatic carbocycles. The first-order valence-electron chi connectivity index (χ1n) is 8.03. The maximum Gasteiger partial charge on any atom is 0.227 e. The summed E-state index contributed by atoms with van der Waals surface area (Å²) in [6.45, 7) is 7.58. The number of carbonyl (C=O) groups is 1. The molecule has 0 radical (unpaired) electrons. The molecular weight excluding hydrogens is 290 g/mol. The van der Waals surface area contributed by atoms with E-state index in [4.69, 9.17) is 0 Å². The molecule has 0 bridgehead atoms. The van der Waals surface area contributed by atoms with E-state index >= 15 is 0 Å². The molecule has 1 atom stereocenters. The number of rotatable bonds is 3. The maximum absolute atomic E-state index is 12.3. The minimum Gasteiger partial charge on any atom is -0.343 e. The molecule has 2 aromatic heterocycles. The average Bonchev–Trinajstić information content (AvgIpc) is 3.17. The molecule has 0 spiro atoms. The summed E-state index contributed by atoms with van der Waals surface area (Å²) in [4.78, 5) is 30.4. The van der Waals surface area contributed by atoms with E-state index < -0.39 is 0 Å². The first kappa shape index (κ1) is 15.6. The summed E-state index contributed by atoms with van der Waals surface area (Å²) in [5.41, 5.74) is 1.41. The van der Waals surface area contributed by atoms with Gasteiger partial charge >= 0.3 is 0 Å². The molecule has 0 saturated carbocycles. The smallest absolute Gasteiger partial charge is 0.227 e. The standard InChI is InChI=1S/C17H23N5O/c1-17(2,3)16(23)22-7-4-12(11-22)8-13-9-21-14(10-20-13)15-18-5-6-19-15/h5-6,9-10,12H,4,7-8,11H2,1-3H3,(H,18,19)/t12-/m1/s1. The van der Waals surface area contributed by atoms with Crippen LogP contribution in [0.4, 0.5) is 0 Å². The molecule has 0 unspecified atom stereocenters. The van der Waals surface area contributed by atoms with Crippen LogP contribution < -0.4 is 0 Å².